The topological polar surface area (TPSA) is 131 Å². The molecular formula is C23H25N5O3S. The number of carbonyl (C=O) groups excluding carboxylic acids is 3. The van der Waals surface area contributed by atoms with E-state index in [2.05, 4.69) is 9.69 Å². The maximum Gasteiger partial charge on any atom is 0.272 e. The highest BCUT2D eigenvalue weighted by Crippen LogP contribution is 2.28. The van der Waals surface area contributed by atoms with E-state index < -0.39 is 17.9 Å². The zero-order valence-electron chi connectivity index (χ0n) is 18.1. The first-order chi connectivity index (χ1) is 15.2. The SMILES string of the molecule is Cc1ccc(N(C(=O)c2snc(C(N)=O)c2N)[C@@H](C)C(=O)NCc2ccccc2)cc1C. The maximum absolute atomic E-state index is 13.5. The van der Waals surface area contributed by atoms with Crippen molar-refractivity contribution >= 4 is 40.6 Å². The molecule has 0 unspecified atom stereocenters. The van der Waals surface area contributed by atoms with Gasteiger partial charge in [-0.05, 0) is 61.1 Å². The van der Waals surface area contributed by atoms with Gasteiger partial charge in [-0.25, -0.2) is 0 Å². The van der Waals surface area contributed by atoms with Gasteiger partial charge in [-0.15, -0.1) is 0 Å². The number of hydrogen-bond acceptors (Lipinski definition) is 6. The van der Waals surface area contributed by atoms with Gasteiger partial charge in [0.1, 0.15) is 10.9 Å². The number of carbonyl (C=O) groups is 3. The highest BCUT2D eigenvalue weighted by atomic mass is 32.1. The molecule has 5 N–H and O–H groups in total. The summed E-state index contributed by atoms with van der Waals surface area (Å²) in [5.74, 6) is -1.68. The summed E-state index contributed by atoms with van der Waals surface area (Å²) in [5, 5.41) is 2.87. The van der Waals surface area contributed by atoms with Crippen molar-refractivity contribution in [1.29, 1.82) is 0 Å². The third-order valence-electron chi connectivity index (χ3n) is 5.22. The minimum atomic E-state index is -0.855. The van der Waals surface area contributed by atoms with Crippen LogP contribution in [0.15, 0.2) is 48.5 Å². The molecule has 0 radical (unpaired) electrons. The number of nitrogens with zero attached hydrogens (tertiary/aromatic N) is 2. The Bertz CT molecular complexity index is 1160. The van der Waals surface area contributed by atoms with Crippen molar-refractivity contribution in [1.82, 2.24) is 9.69 Å². The van der Waals surface area contributed by atoms with E-state index in [0.717, 1.165) is 28.2 Å². The van der Waals surface area contributed by atoms with E-state index in [1.54, 1.807) is 13.0 Å². The Hall–Kier alpha value is -3.72. The van der Waals surface area contributed by atoms with Crippen LogP contribution in [0.25, 0.3) is 0 Å². The standard InChI is InChI=1S/C23H25N5O3S/c1-13-9-10-17(11-14(13)2)28(23(31)20-18(24)19(21(25)29)27-32-20)15(3)22(30)26-12-16-7-5-4-6-8-16/h4-11,15H,12,24H2,1-3H3,(H2,25,29)(H,26,30)/t15-/m0/s1. The van der Waals surface area contributed by atoms with Crippen molar-refractivity contribution in [3.8, 4) is 0 Å². The van der Waals surface area contributed by atoms with Crippen LogP contribution in [0.2, 0.25) is 0 Å². The molecular weight excluding hydrogens is 426 g/mol. The highest BCUT2D eigenvalue weighted by molar-refractivity contribution is 7.09. The second-order valence-electron chi connectivity index (χ2n) is 7.46. The van der Waals surface area contributed by atoms with Gasteiger partial charge in [0.2, 0.25) is 5.91 Å². The molecule has 0 saturated heterocycles. The zero-order chi connectivity index (χ0) is 23.4. The molecule has 3 rings (SSSR count). The van der Waals surface area contributed by atoms with Crippen LogP contribution in [0.5, 0.6) is 0 Å². The van der Waals surface area contributed by atoms with Gasteiger partial charge in [0.15, 0.2) is 5.69 Å². The van der Waals surface area contributed by atoms with Gasteiger partial charge < -0.3 is 16.8 Å². The third-order valence-corrected chi connectivity index (χ3v) is 6.07. The molecule has 1 heterocycles. The Morgan fingerprint density at radius 1 is 1.09 bits per heavy atom. The molecule has 1 aromatic heterocycles. The van der Waals surface area contributed by atoms with Gasteiger partial charge in [0.25, 0.3) is 11.8 Å². The number of aromatic nitrogens is 1. The van der Waals surface area contributed by atoms with E-state index in [-0.39, 0.29) is 22.2 Å². The average Bonchev–Trinajstić information content (AvgIpc) is 3.16. The van der Waals surface area contributed by atoms with Crippen molar-refractivity contribution in [3.05, 3.63) is 75.8 Å². The van der Waals surface area contributed by atoms with Gasteiger partial charge in [-0.1, -0.05) is 36.4 Å². The molecule has 0 spiro atoms. The molecule has 3 aromatic rings. The van der Waals surface area contributed by atoms with E-state index >= 15 is 0 Å². The molecule has 8 nitrogen and oxygen atoms in total. The second-order valence-corrected chi connectivity index (χ2v) is 8.23. The normalized spacial score (nSPS) is 11.6. The van der Waals surface area contributed by atoms with Gasteiger partial charge in [-0.3, -0.25) is 19.3 Å². The van der Waals surface area contributed by atoms with Crippen molar-refractivity contribution in [2.75, 3.05) is 10.6 Å². The van der Waals surface area contributed by atoms with Crippen LogP contribution in [-0.2, 0) is 11.3 Å². The van der Waals surface area contributed by atoms with Crippen LogP contribution in [0, 0.1) is 13.8 Å². The number of nitrogens with two attached hydrogens (primary N) is 2. The number of amides is 3. The Morgan fingerprint density at radius 3 is 2.38 bits per heavy atom. The molecule has 0 aliphatic rings. The number of nitrogens with one attached hydrogen (secondary N) is 1. The molecule has 32 heavy (non-hydrogen) atoms. The van der Waals surface area contributed by atoms with Crippen LogP contribution in [0.3, 0.4) is 0 Å². The van der Waals surface area contributed by atoms with E-state index in [0.29, 0.717) is 12.2 Å². The van der Waals surface area contributed by atoms with Crippen LogP contribution >= 0.6 is 11.5 Å². The molecule has 0 aliphatic heterocycles. The van der Waals surface area contributed by atoms with Crippen LogP contribution < -0.4 is 21.7 Å². The van der Waals surface area contributed by atoms with Crippen molar-refractivity contribution in [2.45, 2.75) is 33.4 Å². The summed E-state index contributed by atoms with van der Waals surface area (Å²) < 4.78 is 3.92. The number of aryl methyl sites for hydroxylation is 2. The van der Waals surface area contributed by atoms with Gasteiger partial charge in [0.05, 0.1) is 5.69 Å². The molecule has 166 valence electrons. The largest absolute Gasteiger partial charge is 0.395 e. The fraction of sp³-hybridized carbons (Fsp3) is 0.217. The quantitative estimate of drug-likeness (QED) is 0.508. The van der Waals surface area contributed by atoms with E-state index in [9.17, 15) is 14.4 Å². The minimum Gasteiger partial charge on any atom is -0.395 e. The minimum absolute atomic E-state index is 0.0553. The first-order valence-electron chi connectivity index (χ1n) is 9.98. The predicted octanol–water partition coefficient (Wildman–Crippen LogP) is 2.79. The molecule has 9 heteroatoms. The van der Waals surface area contributed by atoms with Gasteiger partial charge in [0, 0.05) is 12.2 Å². The summed E-state index contributed by atoms with van der Waals surface area (Å²) in [6.07, 6.45) is 0. The smallest absolute Gasteiger partial charge is 0.272 e. The first-order valence-corrected chi connectivity index (χ1v) is 10.8. The Balaban J connectivity index is 1.94. The summed E-state index contributed by atoms with van der Waals surface area (Å²) in [7, 11) is 0. The molecule has 0 fully saturated rings. The maximum atomic E-state index is 13.5. The molecule has 0 aliphatic carbocycles. The lowest BCUT2D eigenvalue weighted by molar-refractivity contribution is -0.122. The molecule has 3 amide bonds. The lowest BCUT2D eigenvalue weighted by Gasteiger charge is -2.29. The summed E-state index contributed by atoms with van der Waals surface area (Å²) in [5.41, 5.74) is 14.5. The van der Waals surface area contributed by atoms with Gasteiger partial charge >= 0.3 is 0 Å². The third kappa shape index (κ3) is 4.78. The highest BCUT2D eigenvalue weighted by Gasteiger charge is 2.32. The predicted molar refractivity (Wildman–Crippen MR) is 126 cm³/mol. The van der Waals surface area contributed by atoms with Crippen molar-refractivity contribution in [2.24, 2.45) is 5.73 Å². The number of rotatable bonds is 7. The van der Waals surface area contributed by atoms with Gasteiger partial charge in [-0.2, -0.15) is 4.37 Å². The number of anilines is 2. The van der Waals surface area contributed by atoms with Crippen molar-refractivity contribution < 1.29 is 14.4 Å². The van der Waals surface area contributed by atoms with Crippen LogP contribution in [-0.4, -0.2) is 28.1 Å². The van der Waals surface area contributed by atoms with Crippen LogP contribution in [0.1, 0.15) is 43.8 Å². The average molecular weight is 452 g/mol. The van der Waals surface area contributed by atoms with E-state index in [1.165, 1.54) is 4.90 Å². The lowest BCUT2D eigenvalue weighted by Crippen LogP contribution is -2.48. The molecule has 1 atom stereocenters. The fourth-order valence-electron chi connectivity index (χ4n) is 3.18. The number of hydrogen-bond donors (Lipinski definition) is 3. The zero-order valence-corrected chi connectivity index (χ0v) is 18.9. The summed E-state index contributed by atoms with van der Waals surface area (Å²) in [6, 6.07) is 14.1. The van der Waals surface area contributed by atoms with Crippen LogP contribution in [0.4, 0.5) is 11.4 Å². The number of benzene rings is 2. The second kappa shape index (κ2) is 9.61. The molecule has 0 bridgehead atoms. The number of primary amides is 1. The Labute approximate surface area is 190 Å². The summed E-state index contributed by atoms with van der Waals surface area (Å²) in [4.78, 5) is 39.5. The fourth-order valence-corrected chi connectivity index (χ4v) is 3.92. The lowest BCUT2D eigenvalue weighted by atomic mass is 10.1. The Morgan fingerprint density at radius 2 is 1.78 bits per heavy atom. The van der Waals surface area contributed by atoms with E-state index in [1.807, 2.05) is 56.3 Å². The monoisotopic (exact) mass is 451 g/mol. The molecule has 0 saturated carbocycles. The molecule has 2 aromatic carbocycles. The number of nitrogen functional groups attached to an aromatic ring is 1. The first kappa shape index (κ1) is 23.0. The van der Waals surface area contributed by atoms with Crippen molar-refractivity contribution in [3.63, 3.8) is 0 Å². The summed E-state index contributed by atoms with van der Waals surface area (Å²) in [6.45, 7) is 5.85. The Kier molecular flexibility index (Phi) is 6.89. The summed E-state index contributed by atoms with van der Waals surface area (Å²) >= 11 is 0.784. The van der Waals surface area contributed by atoms with E-state index in [4.69, 9.17) is 11.5 Å².